The zero-order chi connectivity index (χ0) is 23.0. The van der Waals surface area contributed by atoms with E-state index in [2.05, 4.69) is 10.1 Å². The van der Waals surface area contributed by atoms with Crippen LogP contribution in [0.2, 0.25) is 0 Å². The topological polar surface area (TPSA) is 70.7 Å². The molecule has 2 heterocycles. The van der Waals surface area contributed by atoms with E-state index < -0.39 is 17.4 Å². The van der Waals surface area contributed by atoms with E-state index in [4.69, 9.17) is 9.47 Å². The van der Waals surface area contributed by atoms with Gasteiger partial charge in [-0.2, -0.15) is 17.7 Å². The molecule has 0 saturated carbocycles. The maximum absolute atomic E-state index is 13.3. The largest absolute Gasteiger partial charge is 0.493 e. The molecule has 0 N–H and O–H groups in total. The highest BCUT2D eigenvalue weighted by Crippen LogP contribution is 2.34. The van der Waals surface area contributed by atoms with Crippen LogP contribution in [0.25, 0.3) is 16.6 Å². The van der Waals surface area contributed by atoms with Gasteiger partial charge in [-0.1, -0.05) is 19.1 Å². The third-order valence-electron chi connectivity index (χ3n) is 5.17. The van der Waals surface area contributed by atoms with Gasteiger partial charge in [-0.25, -0.2) is 9.78 Å². The van der Waals surface area contributed by atoms with Crippen LogP contribution >= 0.6 is 0 Å². The van der Waals surface area contributed by atoms with E-state index in [9.17, 15) is 18.0 Å². The third-order valence-corrected chi connectivity index (χ3v) is 5.17. The first-order chi connectivity index (χ1) is 15.3. The maximum Gasteiger partial charge on any atom is 0.416 e. The average Bonchev–Trinajstić information content (AvgIpc) is 3.20. The number of benzene rings is 2. The molecule has 0 aliphatic heterocycles. The fourth-order valence-corrected chi connectivity index (χ4v) is 3.66. The average molecular weight is 446 g/mol. The van der Waals surface area contributed by atoms with Crippen LogP contribution in [0.3, 0.4) is 0 Å². The summed E-state index contributed by atoms with van der Waals surface area (Å²) in [5, 5.41) is 4.90. The van der Waals surface area contributed by atoms with Crippen molar-refractivity contribution >= 4 is 16.6 Å². The molecule has 4 rings (SSSR count). The third kappa shape index (κ3) is 3.76. The highest BCUT2D eigenvalue weighted by molar-refractivity contribution is 5.94. The minimum absolute atomic E-state index is 0.0896. The van der Waals surface area contributed by atoms with Crippen LogP contribution in [0.5, 0.6) is 11.5 Å². The molecule has 0 atom stereocenters. The van der Waals surface area contributed by atoms with Gasteiger partial charge in [0.2, 0.25) is 0 Å². The SMILES string of the molecule is CCCc1nc2c3cc(OC)c(OC)cc3n(Cc3cccc(C(F)(F)F)c3)c(=O)n2n1. The van der Waals surface area contributed by atoms with Gasteiger partial charge in [-0.05, 0) is 30.2 Å². The van der Waals surface area contributed by atoms with Crippen molar-refractivity contribution in [2.45, 2.75) is 32.5 Å². The summed E-state index contributed by atoms with van der Waals surface area (Å²) in [6, 6.07) is 8.21. The monoisotopic (exact) mass is 446 g/mol. The first-order valence-electron chi connectivity index (χ1n) is 9.97. The number of aromatic nitrogens is 4. The van der Waals surface area contributed by atoms with Gasteiger partial charge in [0.25, 0.3) is 0 Å². The van der Waals surface area contributed by atoms with Crippen molar-refractivity contribution in [2.24, 2.45) is 0 Å². The second kappa shape index (κ2) is 8.18. The first kappa shape index (κ1) is 21.7. The molecule has 4 aromatic rings. The van der Waals surface area contributed by atoms with Crippen molar-refractivity contribution in [3.8, 4) is 11.5 Å². The molecule has 0 amide bonds. The van der Waals surface area contributed by atoms with Crippen molar-refractivity contribution in [1.29, 1.82) is 0 Å². The van der Waals surface area contributed by atoms with Crippen molar-refractivity contribution in [3.05, 3.63) is 63.8 Å². The number of ether oxygens (including phenoxy) is 2. The smallest absolute Gasteiger partial charge is 0.416 e. The summed E-state index contributed by atoms with van der Waals surface area (Å²) in [6.45, 7) is 1.89. The number of nitrogens with zero attached hydrogens (tertiary/aromatic N) is 4. The van der Waals surface area contributed by atoms with Crippen LogP contribution in [0.1, 0.15) is 30.3 Å². The van der Waals surface area contributed by atoms with Crippen molar-refractivity contribution in [3.63, 3.8) is 0 Å². The standard InChI is InChI=1S/C22H21F3N4O3/c1-4-6-19-26-20-15-10-17(31-2)18(32-3)11-16(15)28(21(30)29(20)27-19)12-13-7-5-8-14(9-13)22(23,24)25/h5,7-11H,4,6,12H2,1-3H3. The number of hydrogen-bond acceptors (Lipinski definition) is 5. The molecule has 10 heteroatoms. The minimum atomic E-state index is -4.48. The van der Waals surface area contributed by atoms with Crippen molar-refractivity contribution in [2.75, 3.05) is 14.2 Å². The molecule has 32 heavy (non-hydrogen) atoms. The van der Waals surface area contributed by atoms with Gasteiger partial charge in [-0.15, -0.1) is 5.10 Å². The van der Waals surface area contributed by atoms with Crippen molar-refractivity contribution < 1.29 is 22.6 Å². The lowest BCUT2D eigenvalue weighted by molar-refractivity contribution is -0.137. The van der Waals surface area contributed by atoms with E-state index in [0.717, 1.165) is 18.6 Å². The molecule has 0 unspecified atom stereocenters. The molecular formula is C22H21F3N4O3. The summed E-state index contributed by atoms with van der Waals surface area (Å²) in [5.41, 5.74) is -0.153. The molecule has 168 valence electrons. The second-order valence-corrected chi connectivity index (χ2v) is 7.30. The number of alkyl halides is 3. The number of aryl methyl sites for hydroxylation is 1. The van der Waals surface area contributed by atoms with E-state index in [1.807, 2.05) is 6.92 Å². The minimum Gasteiger partial charge on any atom is -0.493 e. The number of hydrogen-bond donors (Lipinski definition) is 0. The molecule has 0 aliphatic carbocycles. The Labute approximate surface area is 181 Å². The van der Waals surface area contributed by atoms with Gasteiger partial charge in [0, 0.05) is 17.9 Å². The van der Waals surface area contributed by atoms with E-state index in [0.29, 0.717) is 45.9 Å². The Morgan fingerprint density at radius 1 is 1.06 bits per heavy atom. The number of rotatable bonds is 6. The Kier molecular flexibility index (Phi) is 5.53. The Hall–Kier alpha value is -3.56. The van der Waals surface area contributed by atoms with Crippen molar-refractivity contribution in [1.82, 2.24) is 19.2 Å². The first-order valence-corrected chi connectivity index (χ1v) is 9.97. The van der Waals surface area contributed by atoms with Gasteiger partial charge in [0.15, 0.2) is 23.0 Å². The molecule has 0 fully saturated rings. The van der Waals surface area contributed by atoms with Crippen LogP contribution in [0.4, 0.5) is 13.2 Å². The van der Waals surface area contributed by atoms with Gasteiger partial charge < -0.3 is 9.47 Å². The van der Waals surface area contributed by atoms with E-state index in [1.54, 1.807) is 18.2 Å². The molecule has 0 saturated heterocycles. The van der Waals surface area contributed by atoms with Crippen LogP contribution in [0.15, 0.2) is 41.2 Å². The van der Waals surface area contributed by atoms with Crippen LogP contribution in [0, 0.1) is 0 Å². The maximum atomic E-state index is 13.3. The van der Waals surface area contributed by atoms with Crippen LogP contribution < -0.4 is 15.2 Å². The number of fused-ring (bicyclic) bond motifs is 3. The Balaban J connectivity index is 2.00. The van der Waals surface area contributed by atoms with E-state index in [1.165, 1.54) is 29.4 Å². The Bertz CT molecular complexity index is 1360. The summed E-state index contributed by atoms with van der Waals surface area (Å²) in [5.74, 6) is 1.33. The van der Waals surface area contributed by atoms with Gasteiger partial charge in [-0.3, -0.25) is 4.57 Å². The Morgan fingerprint density at radius 2 is 1.78 bits per heavy atom. The summed E-state index contributed by atoms with van der Waals surface area (Å²) < 4.78 is 52.9. The highest BCUT2D eigenvalue weighted by atomic mass is 19.4. The molecule has 2 aromatic carbocycles. The zero-order valence-corrected chi connectivity index (χ0v) is 17.7. The predicted molar refractivity (Wildman–Crippen MR) is 112 cm³/mol. The molecule has 2 aromatic heterocycles. The highest BCUT2D eigenvalue weighted by Gasteiger charge is 2.30. The zero-order valence-electron chi connectivity index (χ0n) is 17.7. The molecular weight excluding hydrogens is 425 g/mol. The molecule has 0 aliphatic rings. The number of methoxy groups -OCH3 is 2. The van der Waals surface area contributed by atoms with Crippen LogP contribution in [-0.2, 0) is 19.1 Å². The summed E-state index contributed by atoms with van der Waals surface area (Å²) in [7, 11) is 2.96. The quantitative estimate of drug-likeness (QED) is 0.446. The lowest BCUT2D eigenvalue weighted by atomic mass is 10.1. The van der Waals surface area contributed by atoms with Gasteiger partial charge in [0.05, 0.1) is 31.8 Å². The van der Waals surface area contributed by atoms with E-state index in [-0.39, 0.29) is 6.54 Å². The molecule has 7 nitrogen and oxygen atoms in total. The predicted octanol–water partition coefficient (Wildman–Crippen LogP) is 4.08. The lowest BCUT2D eigenvalue weighted by Crippen LogP contribution is -2.28. The molecule has 0 radical (unpaired) electrons. The lowest BCUT2D eigenvalue weighted by Gasteiger charge is -2.15. The fraction of sp³-hybridized carbons (Fsp3) is 0.318. The van der Waals surface area contributed by atoms with E-state index >= 15 is 0 Å². The summed E-state index contributed by atoms with van der Waals surface area (Å²) in [4.78, 5) is 17.8. The van der Waals surface area contributed by atoms with Crippen LogP contribution in [-0.4, -0.2) is 33.4 Å². The summed E-state index contributed by atoms with van der Waals surface area (Å²) in [6.07, 6.45) is -3.10. The Morgan fingerprint density at radius 3 is 2.44 bits per heavy atom. The molecule has 0 bridgehead atoms. The number of halogens is 3. The normalized spacial score (nSPS) is 11.9. The summed E-state index contributed by atoms with van der Waals surface area (Å²) >= 11 is 0. The van der Waals surface area contributed by atoms with Gasteiger partial charge in [0.1, 0.15) is 0 Å². The van der Waals surface area contributed by atoms with Gasteiger partial charge >= 0.3 is 11.9 Å². The molecule has 0 spiro atoms. The second-order valence-electron chi connectivity index (χ2n) is 7.30. The fourth-order valence-electron chi connectivity index (χ4n) is 3.66.